The predicted molar refractivity (Wildman–Crippen MR) is 273 cm³/mol. The van der Waals surface area contributed by atoms with Gasteiger partial charge in [0.2, 0.25) is 0 Å². The molecule has 74 heavy (non-hydrogen) atoms. The Bertz CT molecular complexity index is 1990. The summed E-state index contributed by atoms with van der Waals surface area (Å²) >= 11 is 0. The maximum atomic E-state index is 14.7. The maximum absolute atomic E-state index is 14.7. The number of alkyl halides is 2. The van der Waals surface area contributed by atoms with Crippen molar-refractivity contribution in [3.63, 3.8) is 0 Å². The number of ether oxygens (including phenoxy) is 8. The average Bonchev–Trinajstić information content (AvgIpc) is 3.37. The third-order valence-corrected chi connectivity index (χ3v) is 16.3. The van der Waals surface area contributed by atoms with E-state index in [1.807, 2.05) is 65.0 Å². The van der Waals surface area contributed by atoms with Crippen LogP contribution in [-0.2, 0) is 61.9 Å². The van der Waals surface area contributed by atoms with E-state index in [4.69, 9.17) is 37.9 Å². The highest BCUT2D eigenvalue weighted by Gasteiger charge is 2.51. The van der Waals surface area contributed by atoms with Gasteiger partial charge in [0.1, 0.15) is 41.8 Å². The zero-order chi connectivity index (χ0) is 54.3. The first-order valence-corrected chi connectivity index (χ1v) is 27.1. The first-order chi connectivity index (χ1) is 35.2. The highest BCUT2D eigenvalue weighted by molar-refractivity contribution is 6.39. The van der Waals surface area contributed by atoms with Crippen LogP contribution in [0.4, 0.5) is 8.78 Å². The molecular formula is C57H87F2NO14. The van der Waals surface area contributed by atoms with Gasteiger partial charge in [-0.25, -0.2) is 4.79 Å². The standard InChI is InChI=1S/C57H87F2NO14/c1-34-16-12-11-13-17-35(2)47(71-33-43-32-69-24-25-70-43)30-42-21-19-40(7)57(8,74-42)53(64)54(65)60-23-15-14-18-44(60)55(66)72-48(37(4)28-41-20-22-46(73-56(58)59)49(29-41)67-9)31-45(61)36(3)27-39(6)51(63)52(68-10)50(62)38(5)26-34/h11-13,16-17,27,34,36-38,40-44,46-49,51-52,56,63H,14-15,18-26,28-33H2,1-10H3/b13-11+,16-12+,35-17+,39-27+/t34-,36-,37-,38-,40-,41+,42+,43?,44+,46-,47+,48+,49-,51-,52+,57-/m1/s1. The number of Topliss-reactive ketones (excluding diaryl/α,β-unsaturated/α-hetero) is 3. The van der Waals surface area contributed by atoms with Gasteiger partial charge in [0.25, 0.3) is 11.7 Å². The van der Waals surface area contributed by atoms with E-state index in [0.29, 0.717) is 89.6 Å². The number of ketones is 3. The third kappa shape index (κ3) is 17.0. The number of fused-ring (bicyclic) bond motifs is 3. The Morgan fingerprint density at radius 2 is 1.64 bits per heavy atom. The Morgan fingerprint density at radius 3 is 2.32 bits per heavy atom. The van der Waals surface area contributed by atoms with Gasteiger partial charge in [0, 0.05) is 45.4 Å². The molecule has 0 spiro atoms. The molecule has 5 rings (SSSR count). The number of hydrogen-bond donors (Lipinski definition) is 1. The fourth-order valence-corrected chi connectivity index (χ4v) is 11.4. The summed E-state index contributed by atoms with van der Waals surface area (Å²) < 4.78 is 73.7. The normalized spacial score (nSPS) is 39.3. The molecule has 1 aliphatic carbocycles. The Labute approximate surface area is 438 Å². The van der Waals surface area contributed by atoms with Crippen molar-refractivity contribution in [2.45, 2.75) is 200 Å². The lowest BCUT2D eigenvalue weighted by molar-refractivity contribution is -0.203. The van der Waals surface area contributed by atoms with Crippen molar-refractivity contribution in [1.82, 2.24) is 4.90 Å². The summed E-state index contributed by atoms with van der Waals surface area (Å²) in [7, 11) is 2.82. The lowest BCUT2D eigenvalue weighted by Gasteiger charge is -2.44. The molecule has 2 bridgehead atoms. The maximum Gasteiger partial charge on any atom is 0.345 e. The molecule has 1 amide bonds. The van der Waals surface area contributed by atoms with E-state index in [2.05, 4.69) is 0 Å². The minimum Gasteiger partial charge on any atom is -0.460 e. The van der Waals surface area contributed by atoms with Crippen molar-refractivity contribution in [1.29, 1.82) is 0 Å². The summed E-state index contributed by atoms with van der Waals surface area (Å²) in [5.41, 5.74) is -0.243. The summed E-state index contributed by atoms with van der Waals surface area (Å²) in [4.78, 5) is 73.3. The van der Waals surface area contributed by atoms with Gasteiger partial charge in [-0.15, -0.1) is 0 Å². The Kier molecular flexibility index (Phi) is 24.2. The van der Waals surface area contributed by atoms with Gasteiger partial charge in [-0.05, 0) is 120 Å². The molecule has 0 aromatic carbocycles. The predicted octanol–water partition coefficient (Wildman–Crippen LogP) is 8.28. The Hall–Kier alpha value is -3.55. The van der Waals surface area contributed by atoms with Crippen molar-refractivity contribution >= 4 is 29.2 Å². The summed E-state index contributed by atoms with van der Waals surface area (Å²) in [6, 6.07) is -1.11. The monoisotopic (exact) mass is 1050 g/mol. The minimum absolute atomic E-state index is 0.00619. The summed E-state index contributed by atoms with van der Waals surface area (Å²) in [6.45, 7) is 13.4. The topological polar surface area (TPSA) is 183 Å². The second-order valence-electron chi connectivity index (χ2n) is 22.0. The lowest BCUT2D eigenvalue weighted by Crippen LogP contribution is -2.59. The van der Waals surface area contributed by atoms with Gasteiger partial charge in [-0.1, -0.05) is 71.1 Å². The number of cyclic esters (lactones) is 1. The van der Waals surface area contributed by atoms with Gasteiger partial charge in [-0.3, -0.25) is 19.2 Å². The molecule has 0 radical (unpaired) electrons. The fourth-order valence-electron chi connectivity index (χ4n) is 11.4. The number of methoxy groups -OCH3 is 2. The molecule has 4 heterocycles. The van der Waals surface area contributed by atoms with Gasteiger partial charge in [-0.2, -0.15) is 8.78 Å². The number of halogens is 2. The third-order valence-electron chi connectivity index (χ3n) is 16.3. The smallest absolute Gasteiger partial charge is 0.345 e. The van der Waals surface area contributed by atoms with E-state index in [1.165, 1.54) is 19.1 Å². The van der Waals surface area contributed by atoms with E-state index in [9.17, 15) is 37.9 Å². The van der Waals surface area contributed by atoms with Crippen LogP contribution in [0, 0.1) is 35.5 Å². The molecule has 1 unspecified atom stereocenters. The molecule has 1 N–H and O–H groups in total. The van der Waals surface area contributed by atoms with Crippen LogP contribution >= 0.6 is 0 Å². The molecule has 17 heteroatoms. The van der Waals surface area contributed by atoms with Crippen molar-refractivity contribution in [2.75, 3.05) is 47.2 Å². The molecule has 4 fully saturated rings. The van der Waals surface area contributed by atoms with Gasteiger partial charge in [0.15, 0.2) is 5.78 Å². The number of aliphatic hydroxyl groups is 1. The van der Waals surface area contributed by atoms with Crippen LogP contribution in [0.5, 0.6) is 0 Å². The highest BCUT2D eigenvalue weighted by Crippen LogP contribution is 2.39. The number of nitrogens with zero attached hydrogens (tertiary/aromatic N) is 1. The highest BCUT2D eigenvalue weighted by atomic mass is 19.3. The number of rotatable bonds is 10. The van der Waals surface area contributed by atoms with Crippen molar-refractivity contribution in [2.24, 2.45) is 35.5 Å². The van der Waals surface area contributed by atoms with E-state index in [0.717, 1.165) is 5.57 Å². The average molecular weight is 1050 g/mol. The number of aliphatic hydroxyl groups excluding tert-OH is 1. The van der Waals surface area contributed by atoms with E-state index < -0.39 is 96.4 Å². The molecule has 15 nitrogen and oxygen atoms in total. The fraction of sp³-hybridized carbons (Fsp3) is 0.772. The molecule has 16 atom stereocenters. The number of piperidine rings is 1. The van der Waals surface area contributed by atoms with Crippen LogP contribution in [0.1, 0.15) is 132 Å². The quantitative estimate of drug-likeness (QED) is 0.125. The molecule has 4 aliphatic heterocycles. The van der Waals surface area contributed by atoms with Crippen LogP contribution in [-0.4, -0.2) is 154 Å². The zero-order valence-corrected chi connectivity index (χ0v) is 45.7. The zero-order valence-electron chi connectivity index (χ0n) is 45.7. The van der Waals surface area contributed by atoms with E-state index >= 15 is 0 Å². The second kappa shape index (κ2) is 29.3. The Balaban J connectivity index is 1.47. The largest absolute Gasteiger partial charge is 0.460 e. The SMILES string of the molecule is CO[C@@H]1C[C@H](C[C@@H](C)[C@@H]2CC(=O)[C@H](C)/C=C(\C)[C@@H](O)[C@@H](OC)C(=O)[C@H](C)C[C@H](C)/C=C/C=C/C=C(\C)[C@@H](OCC3COCCO3)C[C@@H]3CC[C@@H](C)[C@@](C)(O3)C(=O)C(=O)N3CCCC[C@H]3C(=O)O2)CC[C@H]1OC(F)F. The van der Waals surface area contributed by atoms with Crippen molar-refractivity contribution in [3.8, 4) is 0 Å². The number of amides is 1. The summed E-state index contributed by atoms with van der Waals surface area (Å²) in [5.74, 6) is -4.95. The number of esters is 1. The van der Waals surface area contributed by atoms with Crippen molar-refractivity contribution < 1.29 is 75.8 Å². The number of carbonyl (C=O) groups excluding carboxylic acids is 5. The molecule has 418 valence electrons. The molecule has 1 saturated carbocycles. The van der Waals surface area contributed by atoms with Crippen molar-refractivity contribution in [3.05, 3.63) is 47.6 Å². The number of carbonyl (C=O) groups is 5. The first-order valence-electron chi connectivity index (χ1n) is 27.1. The van der Waals surface area contributed by atoms with E-state index in [-0.39, 0.29) is 61.4 Å². The second-order valence-corrected chi connectivity index (χ2v) is 22.0. The number of hydrogen-bond acceptors (Lipinski definition) is 14. The minimum atomic E-state index is -2.95. The molecule has 0 aromatic heterocycles. The van der Waals surface area contributed by atoms with Crippen LogP contribution in [0.15, 0.2) is 47.6 Å². The van der Waals surface area contributed by atoms with Gasteiger partial charge in [0.05, 0.1) is 50.8 Å². The van der Waals surface area contributed by atoms with Crippen LogP contribution in [0.3, 0.4) is 0 Å². The lowest BCUT2D eigenvalue weighted by atomic mass is 9.78. The summed E-state index contributed by atoms with van der Waals surface area (Å²) in [6.07, 6.45) is 10.3. The Morgan fingerprint density at radius 1 is 0.878 bits per heavy atom. The molecule has 3 saturated heterocycles. The van der Waals surface area contributed by atoms with Crippen LogP contribution < -0.4 is 0 Å². The molecule has 0 aromatic rings. The van der Waals surface area contributed by atoms with Gasteiger partial charge < -0.3 is 47.9 Å². The summed E-state index contributed by atoms with van der Waals surface area (Å²) in [5, 5.41) is 11.5. The van der Waals surface area contributed by atoms with Crippen LogP contribution in [0.25, 0.3) is 0 Å². The number of allylic oxidation sites excluding steroid dienone is 6. The van der Waals surface area contributed by atoms with Crippen LogP contribution in [0.2, 0.25) is 0 Å². The molecular weight excluding hydrogens is 961 g/mol. The first kappa shape index (κ1) is 61.3. The van der Waals surface area contributed by atoms with E-state index in [1.54, 1.807) is 26.8 Å². The van der Waals surface area contributed by atoms with Gasteiger partial charge >= 0.3 is 12.6 Å². The molecule has 5 aliphatic rings.